The van der Waals surface area contributed by atoms with Crippen LogP contribution in [-0.2, 0) is 14.3 Å². The topological polar surface area (TPSA) is 35.5 Å². The Morgan fingerprint density at radius 2 is 1.77 bits per heavy atom. The van der Waals surface area contributed by atoms with Crippen LogP contribution in [0.4, 0.5) is 0 Å². The molecule has 0 aromatic carbocycles. The molecule has 3 fully saturated rings. The van der Waals surface area contributed by atoms with Crippen LogP contribution in [-0.4, -0.2) is 24.8 Å². The number of allylic oxidation sites excluding steroid dienone is 4. The van der Waals surface area contributed by atoms with Crippen LogP contribution in [0.1, 0.15) is 166 Å². The molecule has 0 spiro atoms. The number of hydrogen-bond acceptors (Lipinski definition) is 3. The second-order valence-electron chi connectivity index (χ2n) is 18.7. The number of methoxy groups -OCH3 is 1. The van der Waals surface area contributed by atoms with Gasteiger partial charge in [-0.1, -0.05) is 98.0 Å². The maximum absolute atomic E-state index is 13.0. The number of hydrogen-bond donors (Lipinski definition) is 0. The molecule has 0 unspecified atom stereocenters. The molecule has 4 aliphatic carbocycles. The number of esters is 1. The van der Waals surface area contributed by atoms with Crippen molar-refractivity contribution in [3.8, 4) is 0 Å². The van der Waals surface area contributed by atoms with Gasteiger partial charge in [-0.3, -0.25) is 0 Å². The predicted octanol–water partition coefficient (Wildman–Crippen LogP) is 12.7. The van der Waals surface area contributed by atoms with E-state index in [0.717, 1.165) is 79.1 Å². The first-order chi connectivity index (χ1) is 22.6. The molecule has 3 nitrogen and oxygen atoms in total. The third-order valence-corrected chi connectivity index (χ3v) is 14.9. The average Bonchev–Trinajstić information content (AvgIpc) is 3.38. The Kier molecular flexibility index (Phi) is 13.8. The molecule has 0 aromatic heterocycles. The van der Waals surface area contributed by atoms with E-state index in [-0.39, 0.29) is 23.1 Å². The number of rotatable bonds is 16. The van der Waals surface area contributed by atoms with E-state index in [1.54, 1.807) is 18.8 Å². The monoisotopic (exact) mass is 665 g/mol. The Morgan fingerprint density at radius 1 is 1.02 bits per heavy atom. The fourth-order valence-corrected chi connectivity index (χ4v) is 11.4. The number of ether oxygens (including phenoxy) is 2. The SMILES string of the molecule is CC[C@H](CC[C@@H](C)[C@H]1CC[C@H]2[C@@H]3CC=C4C[C@@H](OC(=O)/C=C(C)\C=C\C[C@@H](C)CCCC(C)(C)OC)CC[C@]4(C)[C@H]3CC[C@]12C)C(C)C. The smallest absolute Gasteiger partial charge is 0.331 e. The van der Waals surface area contributed by atoms with E-state index < -0.39 is 0 Å². The van der Waals surface area contributed by atoms with Crippen molar-refractivity contribution >= 4 is 5.97 Å². The Hall–Kier alpha value is -1.35. The minimum absolute atomic E-state index is 0.0149. The van der Waals surface area contributed by atoms with Gasteiger partial charge in [0.05, 0.1) is 5.60 Å². The lowest BCUT2D eigenvalue weighted by atomic mass is 9.47. The highest BCUT2D eigenvalue weighted by Crippen LogP contribution is 2.67. The highest BCUT2D eigenvalue weighted by Gasteiger charge is 2.59. The zero-order chi connectivity index (χ0) is 35.3. The zero-order valence-electron chi connectivity index (χ0n) is 33.3. The molecule has 274 valence electrons. The Balaban J connectivity index is 1.28. The lowest BCUT2D eigenvalue weighted by Crippen LogP contribution is -2.51. The van der Waals surface area contributed by atoms with Crippen LogP contribution in [0, 0.1) is 58.2 Å². The minimum Gasteiger partial charge on any atom is -0.459 e. The molecule has 0 amide bonds. The van der Waals surface area contributed by atoms with Crippen molar-refractivity contribution in [1.82, 2.24) is 0 Å². The Bertz CT molecular complexity index is 1140. The quantitative estimate of drug-likeness (QED) is 0.0713. The van der Waals surface area contributed by atoms with E-state index in [2.05, 4.69) is 80.5 Å². The molecule has 0 N–H and O–H groups in total. The fourth-order valence-electron chi connectivity index (χ4n) is 11.4. The maximum atomic E-state index is 13.0. The van der Waals surface area contributed by atoms with Gasteiger partial charge in [-0.05, 0) is 149 Å². The summed E-state index contributed by atoms with van der Waals surface area (Å²) in [5.74, 6) is 6.41. The maximum Gasteiger partial charge on any atom is 0.331 e. The molecular weight excluding hydrogens is 588 g/mol. The van der Waals surface area contributed by atoms with Gasteiger partial charge in [0.2, 0.25) is 0 Å². The van der Waals surface area contributed by atoms with E-state index in [4.69, 9.17) is 9.47 Å². The third-order valence-electron chi connectivity index (χ3n) is 14.9. The molecule has 48 heavy (non-hydrogen) atoms. The van der Waals surface area contributed by atoms with Crippen LogP contribution in [0.25, 0.3) is 0 Å². The second kappa shape index (κ2) is 16.8. The van der Waals surface area contributed by atoms with Gasteiger partial charge < -0.3 is 9.47 Å². The summed E-state index contributed by atoms with van der Waals surface area (Å²) in [7, 11) is 1.80. The van der Waals surface area contributed by atoms with Crippen LogP contribution in [0.3, 0.4) is 0 Å². The van der Waals surface area contributed by atoms with Gasteiger partial charge in [-0.25, -0.2) is 4.79 Å². The molecule has 0 saturated heterocycles. The Labute approximate surface area is 297 Å². The fraction of sp³-hybridized carbons (Fsp3) is 0.844. The largest absolute Gasteiger partial charge is 0.459 e. The van der Waals surface area contributed by atoms with Gasteiger partial charge >= 0.3 is 5.97 Å². The summed E-state index contributed by atoms with van der Waals surface area (Å²) in [6.07, 6.45) is 27.3. The second-order valence-corrected chi connectivity index (χ2v) is 18.7. The average molecular weight is 665 g/mol. The van der Waals surface area contributed by atoms with E-state index in [1.807, 2.05) is 6.92 Å². The van der Waals surface area contributed by atoms with E-state index >= 15 is 0 Å². The van der Waals surface area contributed by atoms with Gasteiger partial charge in [0.1, 0.15) is 6.10 Å². The first kappa shape index (κ1) is 39.4. The molecule has 0 radical (unpaired) electrons. The normalized spacial score (nSPS) is 34.3. The van der Waals surface area contributed by atoms with Crippen molar-refractivity contribution in [2.75, 3.05) is 7.11 Å². The summed E-state index contributed by atoms with van der Waals surface area (Å²) in [5, 5.41) is 0. The van der Waals surface area contributed by atoms with E-state index in [0.29, 0.717) is 11.3 Å². The highest BCUT2D eigenvalue weighted by atomic mass is 16.5. The summed E-state index contributed by atoms with van der Waals surface area (Å²) in [6.45, 7) is 23.8. The van der Waals surface area contributed by atoms with Crippen molar-refractivity contribution in [1.29, 1.82) is 0 Å². The molecule has 3 heteroatoms. The molecule has 0 bridgehead atoms. The number of carbonyl (C=O) groups is 1. The van der Waals surface area contributed by atoms with Crippen molar-refractivity contribution < 1.29 is 14.3 Å². The van der Waals surface area contributed by atoms with Gasteiger partial charge in [0.25, 0.3) is 0 Å². The first-order valence-electron chi connectivity index (χ1n) is 20.4. The van der Waals surface area contributed by atoms with Crippen molar-refractivity contribution in [2.45, 2.75) is 177 Å². The molecule has 3 saturated carbocycles. The first-order valence-corrected chi connectivity index (χ1v) is 20.4. The van der Waals surface area contributed by atoms with Crippen LogP contribution in [0.2, 0.25) is 0 Å². The molecule has 4 rings (SSSR count). The summed E-state index contributed by atoms with van der Waals surface area (Å²) >= 11 is 0. The third kappa shape index (κ3) is 9.30. The van der Waals surface area contributed by atoms with E-state index in [1.165, 1.54) is 64.2 Å². The summed E-state index contributed by atoms with van der Waals surface area (Å²) < 4.78 is 11.7. The molecule has 0 heterocycles. The lowest BCUT2D eigenvalue weighted by Gasteiger charge is -2.58. The highest BCUT2D eigenvalue weighted by molar-refractivity contribution is 5.83. The summed E-state index contributed by atoms with van der Waals surface area (Å²) in [6, 6.07) is 0. The summed E-state index contributed by atoms with van der Waals surface area (Å²) in [5.41, 5.74) is 3.35. The van der Waals surface area contributed by atoms with Crippen molar-refractivity contribution in [3.63, 3.8) is 0 Å². The summed E-state index contributed by atoms with van der Waals surface area (Å²) in [4.78, 5) is 13.0. The lowest BCUT2D eigenvalue weighted by molar-refractivity contribution is -0.145. The zero-order valence-corrected chi connectivity index (χ0v) is 33.3. The molecule has 4 aliphatic rings. The van der Waals surface area contributed by atoms with Gasteiger partial charge in [-0.2, -0.15) is 0 Å². The van der Waals surface area contributed by atoms with Crippen molar-refractivity contribution in [3.05, 3.63) is 35.5 Å². The number of carbonyl (C=O) groups excluding carboxylic acids is 1. The van der Waals surface area contributed by atoms with Crippen LogP contribution in [0.15, 0.2) is 35.5 Å². The van der Waals surface area contributed by atoms with Gasteiger partial charge in [0.15, 0.2) is 0 Å². The Morgan fingerprint density at radius 3 is 2.46 bits per heavy atom. The van der Waals surface area contributed by atoms with Crippen LogP contribution >= 0.6 is 0 Å². The van der Waals surface area contributed by atoms with Gasteiger partial charge in [-0.15, -0.1) is 0 Å². The minimum atomic E-state index is -0.173. The number of fused-ring (bicyclic) bond motifs is 5. The predicted molar refractivity (Wildman–Crippen MR) is 204 cm³/mol. The van der Waals surface area contributed by atoms with Crippen molar-refractivity contribution in [2.24, 2.45) is 58.2 Å². The molecular formula is C45H76O3. The van der Waals surface area contributed by atoms with Crippen LogP contribution < -0.4 is 0 Å². The molecule has 0 aliphatic heterocycles. The van der Waals surface area contributed by atoms with Gasteiger partial charge in [0, 0.05) is 19.6 Å². The molecule has 10 atom stereocenters. The van der Waals surface area contributed by atoms with Crippen LogP contribution in [0.5, 0.6) is 0 Å². The standard InChI is InChI=1S/C45H76O3/c1-12-35(31(2)3)19-18-34(6)39-22-23-40-38-21-20-36-30-37(24-27-44(36,9)41(38)25-28-45(39,40)10)48-42(46)29-33(5)16-13-15-32(4)17-14-26-43(7,8)47-11/h13,16,20,29,31-32,34-35,37-41H,12,14-15,17-19,21-28,30H2,1-11H3/b16-13+,33-29-/t32-,34-,35-,37+,38+,39-,40+,41+,44+,45-/m1/s1. The molecule has 0 aromatic rings. The van der Waals surface area contributed by atoms with E-state index in [9.17, 15) is 4.79 Å².